The number of carboxylic acid groups (broad SMARTS) is 2. The third kappa shape index (κ3) is 8.72. The van der Waals surface area contributed by atoms with Gasteiger partial charge in [0.2, 0.25) is 0 Å². The van der Waals surface area contributed by atoms with E-state index in [0.717, 1.165) is 56.3 Å². The second-order valence-electron chi connectivity index (χ2n) is 8.41. The van der Waals surface area contributed by atoms with Crippen LogP contribution in [0.4, 0.5) is 0 Å². The second-order valence-corrected chi connectivity index (χ2v) is 8.41. The van der Waals surface area contributed by atoms with Gasteiger partial charge in [-0.15, -0.1) is 0 Å². The first kappa shape index (κ1) is 26.7. The topological polar surface area (TPSA) is 99.5 Å². The summed E-state index contributed by atoms with van der Waals surface area (Å²) in [7, 11) is 1.69. The van der Waals surface area contributed by atoms with E-state index in [1.807, 2.05) is 24.3 Å². The predicted octanol–water partition coefficient (Wildman–Crippen LogP) is 3.75. The summed E-state index contributed by atoms with van der Waals surface area (Å²) in [5, 5.41) is 14.8. The highest BCUT2D eigenvalue weighted by Gasteiger charge is 2.18. The van der Waals surface area contributed by atoms with E-state index in [4.69, 9.17) is 29.3 Å². The number of carbonyl (C=O) groups is 2. The van der Waals surface area contributed by atoms with Crippen LogP contribution < -0.4 is 9.47 Å². The number of piperazine rings is 1. The number of ether oxygens (including phenoxy) is 2. The molecule has 0 aromatic heterocycles. The van der Waals surface area contributed by atoms with E-state index in [1.165, 1.54) is 11.1 Å². The fourth-order valence-corrected chi connectivity index (χ4v) is 3.87. The molecule has 3 aromatic rings. The highest BCUT2D eigenvalue weighted by molar-refractivity contribution is 6.27. The van der Waals surface area contributed by atoms with Gasteiger partial charge < -0.3 is 19.7 Å². The first-order valence-electron chi connectivity index (χ1n) is 11.7. The maximum atomic E-state index is 9.10. The van der Waals surface area contributed by atoms with Crippen molar-refractivity contribution >= 4 is 11.9 Å². The van der Waals surface area contributed by atoms with Crippen LogP contribution in [-0.2, 0) is 29.3 Å². The van der Waals surface area contributed by atoms with Crippen LogP contribution in [0.25, 0.3) is 0 Å². The van der Waals surface area contributed by atoms with Gasteiger partial charge in [-0.3, -0.25) is 9.80 Å². The lowest BCUT2D eigenvalue weighted by atomic mass is 10.1. The van der Waals surface area contributed by atoms with Crippen molar-refractivity contribution in [2.75, 3.05) is 33.3 Å². The maximum absolute atomic E-state index is 9.10. The van der Waals surface area contributed by atoms with Gasteiger partial charge in [-0.25, -0.2) is 9.59 Å². The summed E-state index contributed by atoms with van der Waals surface area (Å²) in [6, 6.07) is 27.2. The molecule has 2 N–H and O–H groups in total. The largest absolute Gasteiger partial charge is 0.493 e. The van der Waals surface area contributed by atoms with Gasteiger partial charge in [0.1, 0.15) is 6.61 Å². The molecule has 0 spiro atoms. The highest BCUT2D eigenvalue weighted by Crippen LogP contribution is 2.29. The Morgan fingerprint density at radius 1 is 0.694 bits per heavy atom. The number of nitrogens with zero attached hydrogens (tertiary/aromatic N) is 2. The third-order valence-electron chi connectivity index (χ3n) is 5.77. The number of hydrogen-bond acceptors (Lipinski definition) is 6. The number of carboxylic acids is 2. The molecule has 36 heavy (non-hydrogen) atoms. The summed E-state index contributed by atoms with van der Waals surface area (Å²) >= 11 is 0. The summed E-state index contributed by atoms with van der Waals surface area (Å²) < 4.78 is 11.6. The van der Waals surface area contributed by atoms with Crippen molar-refractivity contribution in [3.8, 4) is 11.5 Å². The van der Waals surface area contributed by atoms with E-state index in [2.05, 4.69) is 64.4 Å². The van der Waals surface area contributed by atoms with E-state index in [-0.39, 0.29) is 0 Å². The average Bonchev–Trinajstić information content (AvgIpc) is 2.90. The highest BCUT2D eigenvalue weighted by atomic mass is 16.5. The van der Waals surface area contributed by atoms with Crippen LogP contribution in [0.1, 0.15) is 16.7 Å². The van der Waals surface area contributed by atoms with Crippen LogP contribution in [-0.4, -0.2) is 65.2 Å². The molecule has 8 nitrogen and oxygen atoms in total. The fourth-order valence-electron chi connectivity index (χ4n) is 3.87. The first-order valence-corrected chi connectivity index (χ1v) is 11.7. The molecule has 190 valence electrons. The Balaban J connectivity index is 0.000000538. The van der Waals surface area contributed by atoms with Crippen LogP contribution in [0.2, 0.25) is 0 Å². The molecule has 0 atom stereocenters. The normalized spacial score (nSPS) is 13.8. The van der Waals surface area contributed by atoms with Gasteiger partial charge in [-0.05, 0) is 28.8 Å². The molecule has 0 bridgehead atoms. The van der Waals surface area contributed by atoms with E-state index in [0.29, 0.717) is 6.61 Å². The lowest BCUT2D eigenvalue weighted by Crippen LogP contribution is -2.45. The number of aliphatic carboxylic acids is 2. The molecule has 0 aliphatic carbocycles. The molecule has 0 saturated carbocycles. The molecule has 0 radical (unpaired) electrons. The molecule has 1 aliphatic heterocycles. The van der Waals surface area contributed by atoms with Gasteiger partial charge in [0.05, 0.1) is 7.11 Å². The number of methoxy groups -OCH3 is 1. The summed E-state index contributed by atoms with van der Waals surface area (Å²) in [5.74, 6) is -2.06. The fraction of sp³-hybridized carbons (Fsp3) is 0.286. The standard InChI is InChI=1S/C26H30N2O2.C2H2O4/c1-29-25-13-12-24(18-26(25)30-21-23-10-6-3-7-11-23)20-28-16-14-27(15-17-28)19-22-8-4-2-5-9-22;3-1(4)2(5)6/h2-13,18H,14-17,19-21H2,1H3;(H,3,4)(H,5,6). The minimum Gasteiger partial charge on any atom is -0.493 e. The summed E-state index contributed by atoms with van der Waals surface area (Å²) in [6.07, 6.45) is 0. The quantitative estimate of drug-likeness (QED) is 0.459. The van der Waals surface area contributed by atoms with Crippen molar-refractivity contribution in [2.45, 2.75) is 19.7 Å². The Labute approximate surface area is 211 Å². The third-order valence-corrected chi connectivity index (χ3v) is 5.77. The Morgan fingerprint density at radius 3 is 1.69 bits per heavy atom. The van der Waals surface area contributed by atoms with E-state index < -0.39 is 11.9 Å². The van der Waals surface area contributed by atoms with Gasteiger partial charge in [0.25, 0.3) is 0 Å². The number of rotatable bonds is 8. The lowest BCUT2D eigenvalue weighted by Gasteiger charge is -2.34. The van der Waals surface area contributed by atoms with Crippen molar-refractivity contribution in [1.29, 1.82) is 0 Å². The molecule has 0 unspecified atom stereocenters. The second kappa shape index (κ2) is 13.9. The van der Waals surface area contributed by atoms with Gasteiger partial charge in [0.15, 0.2) is 11.5 Å². The van der Waals surface area contributed by atoms with Crippen molar-refractivity contribution < 1.29 is 29.3 Å². The summed E-state index contributed by atoms with van der Waals surface area (Å²) in [5.41, 5.74) is 3.80. The Morgan fingerprint density at radius 2 is 1.19 bits per heavy atom. The van der Waals surface area contributed by atoms with Crippen molar-refractivity contribution in [3.05, 3.63) is 95.6 Å². The zero-order chi connectivity index (χ0) is 25.8. The van der Waals surface area contributed by atoms with Crippen molar-refractivity contribution in [1.82, 2.24) is 9.80 Å². The number of hydrogen-bond donors (Lipinski definition) is 2. The summed E-state index contributed by atoms with van der Waals surface area (Å²) in [4.78, 5) is 23.3. The van der Waals surface area contributed by atoms with Crippen LogP contribution in [0.5, 0.6) is 11.5 Å². The van der Waals surface area contributed by atoms with Crippen molar-refractivity contribution in [3.63, 3.8) is 0 Å². The molecule has 1 fully saturated rings. The molecule has 1 aliphatic rings. The average molecular weight is 493 g/mol. The van der Waals surface area contributed by atoms with E-state index in [1.54, 1.807) is 7.11 Å². The van der Waals surface area contributed by atoms with Crippen molar-refractivity contribution in [2.24, 2.45) is 0 Å². The minimum atomic E-state index is -1.82. The molecule has 8 heteroatoms. The zero-order valence-corrected chi connectivity index (χ0v) is 20.4. The van der Waals surface area contributed by atoms with Crippen LogP contribution in [0.3, 0.4) is 0 Å². The molecule has 1 saturated heterocycles. The summed E-state index contributed by atoms with van der Waals surface area (Å²) in [6.45, 7) is 6.88. The molecule has 3 aromatic carbocycles. The Bertz CT molecular complexity index is 1090. The van der Waals surface area contributed by atoms with Crippen LogP contribution >= 0.6 is 0 Å². The molecular formula is C28H32N2O6. The van der Waals surface area contributed by atoms with Crippen LogP contribution in [0, 0.1) is 0 Å². The maximum Gasteiger partial charge on any atom is 0.414 e. The minimum absolute atomic E-state index is 0.540. The molecule has 1 heterocycles. The van der Waals surface area contributed by atoms with Gasteiger partial charge >= 0.3 is 11.9 Å². The van der Waals surface area contributed by atoms with Gasteiger partial charge in [-0.2, -0.15) is 0 Å². The Kier molecular flexibility index (Phi) is 10.3. The zero-order valence-electron chi connectivity index (χ0n) is 20.4. The lowest BCUT2D eigenvalue weighted by molar-refractivity contribution is -0.159. The first-order chi connectivity index (χ1) is 17.4. The van der Waals surface area contributed by atoms with Crippen LogP contribution in [0.15, 0.2) is 78.9 Å². The molecule has 4 rings (SSSR count). The predicted molar refractivity (Wildman–Crippen MR) is 136 cm³/mol. The smallest absolute Gasteiger partial charge is 0.414 e. The SMILES string of the molecule is COc1ccc(CN2CCN(Cc3ccccc3)CC2)cc1OCc1ccccc1.O=C(O)C(=O)O. The molecular weight excluding hydrogens is 460 g/mol. The number of benzene rings is 3. The Hall–Kier alpha value is -3.88. The monoisotopic (exact) mass is 492 g/mol. The van der Waals surface area contributed by atoms with E-state index in [9.17, 15) is 0 Å². The van der Waals surface area contributed by atoms with Gasteiger partial charge in [-0.1, -0.05) is 66.7 Å². The van der Waals surface area contributed by atoms with E-state index >= 15 is 0 Å². The van der Waals surface area contributed by atoms with Gasteiger partial charge in [0, 0.05) is 39.3 Å². The molecule has 0 amide bonds.